The molecule has 0 saturated carbocycles. The summed E-state index contributed by atoms with van der Waals surface area (Å²) in [6.45, 7) is 11.4. The maximum atomic E-state index is 12.8. The second-order valence-corrected chi connectivity index (χ2v) is 20.2. The molecule has 0 N–H and O–H groups in total. The minimum atomic E-state index is -0.762. The van der Waals surface area contributed by atoms with Gasteiger partial charge in [0.15, 0.2) is 6.10 Å². The lowest BCUT2D eigenvalue weighted by Crippen LogP contribution is -2.30. The molecule has 6 nitrogen and oxygen atoms in total. The standard InChI is InChI=1S/C56H108O6/c1-6-7-8-9-10-11-12-13-14-15-16-17-20-28-33-38-43-48-56(59)62-53(50-61-55(58)47-42-37-32-27-23-22-25-30-35-40-45-52(4)5)49-60-54(57)46-41-36-31-26-21-18-19-24-29-34-39-44-51(2)3/h51-53H,6-50H2,1-5H3/t53-/m0/s1. The van der Waals surface area contributed by atoms with Crippen LogP contribution in [0.25, 0.3) is 0 Å². The fourth-order valence-corrected chi connectivity index (χ4v) is 8.52. The molecule has 0 bridgehead atoms. The Balaban J connectivity index is 4.30. The molecule has 0 aliphatic heterocycles. The third kappa shape index (κ3) is 49.4. The Kier molecular flexibility index (Phi) is 47.6. The van der Waals surface area contributed by atoms with Gasteiger partial charge in [-0.1, -0.05) is 272 Å². The summed E-state index contributed by atoms with van der Waals surface area (Å²) in [5, 5.41) is 0. The van der Waals surface area contributed by atoms with Crippen molar-refractivity contribution in [3.05, 3.63) is 0 Å². The van der Waals surface area contributed by atoms with E-state index in [1.165, 1.54) is 199 Å². The zero-order chi connectivity index (χ0) is 45.4. The number of carbonyl (C=O) groups is 3. The van der Waals surface area contributed by atoms with Crippen LogP contribution < -0.4 is 0 Å². The summed E-state index contributed by atoms with van der Waals surface area (Å²) in [6.07, 6.45) is 50.9. The number of carbonyl (C=O) groups excluding carboxylic acids is 3. The van der Waals surface area contributed by atoms with Gasteiger partial charge in [0.2, 0.25) is 0 Å². The Morgan fingerprint density at radius 1 is 0.306 bits per heavy atom. The Hall–Kier alpha value is -1.59. The third-order valence-corrected chi connectivity index (χ3v) is 12.7. The van der Waals surface area contributed by atoms with Crippen LogP contribution in [-0.2, 0) is 28.6 Å². The van der Waals surface area contributed by atoms with Crippen molar-refractivity contribution in [1.29, 1.82) is 0 Å². The molecule has 6 heteroatoms. The molecule has 0 aliphatic rings. The van der Waals surface area contributed by atoms with E-state index in [0.717, 1.165) is 69.6 Å². The number of hydrogen-bond donors (Lipinski definition) is 0. The van der Waals surface area contributed by atoms with E-state index in [0.29, 0.717) is 19.3 Å². The van der Waals surface area contributed by atoms with E-state index in [2.05, 4.69) is 34.6 Å². The van der Waals surface area contributed by atoms with Crippen molar-refractivity contribution in [2.24, 2.45) is 11.8 Å². The molecule has 0 amide bonds. The molecular weight excluding hydrogens is 769 g/mol. The molecule has 1 atom stereocenters. The van der Waals surface area contributed by atoms with Crippen molar-refractivity contribution in [2.45, 2.75) is 317 Å². The van der Waals surface area contributed by atoms with Crippen molar-refractivity contribution in [3.63, 3.8) is 0 Å². The number of ether oxygens (including phenoxy) is 3. The molecular formula is C56H108O6. The Labute approximate surface area is 387 Å². The summed E-state index contributed by atoms with van der Waals surface area (Å²) in [5.41, 5.74) is 0. The smallest absolute Gasteiger partial charge is 0.306 e. The van der Waals surface area contributed by atoms with Gasteiger partial charge in [-0.2, -0.15) is 0 Å². The second-order valence-electron chi connectivity index (χ2n) is 20.2. The summed E-state index contributed by atoms with van der Waals surface area (Å²) in [6, 6.07) is 0. The normalized spacial score (nSPS) is 12.0. The van der Waals surface area contributed by atoms with Gasteiger partial charge in [0.25, 0.3) is 0 Å². The van der Waals surface area contributed by atoms with E-state index < -0.39 is 6.10 Å². The third-order valence-electron chi connectivity index (χ3n) is 12.7. The van der Waals surface area contributed by atoms with Gasteiger partial charge in [-0.3, -0.25) is 14.4 Å². The highest BCUT2D eigenvalue weighted by Crippen LogP contribution is 2.18. The van der Waals surface area contributed by atoms with Gasteiger partial charge in [-0.05, 0) is 31.1 Å². The van der Waals surface area contributed by atoms with E-state index in [1.807, 2.05) is 0 Å². The quantitative estimate of drug-likeness (QED) is 0.0344. The first-order chi connectivity index (χ1) is 30.2. The molecule has 0 rings (SSSR count). The average Bonchev–Trinajstić information content (AvgIpc) is 3.24. The van der Waals surface area contributed by atoms with Gasteiger partial charge in [0, 0.05) is 19.3 Å². The molecule has 0 radical (unpaired) electrons. The highest BCUT2D eigenvalue weighted by Gasteiger charge is 2.19. The molecule has 368 valence electrons. The van der Waals surface area contributed by atoms with Crippen LogP contribution in [0.1, 0.15) is 311 Å². The summed E-state index contributed by atoms with van der Waals surface area (Å²) in [7, 11) is 0. The lowest BCUT2D eigenvalue weighted by atomic mass is 10.0. The zero-order valence-electron chi connectivity index (χ0n) is 42.5. The van der Waals surface area contributed by atoms with E-state index in [-0.39, 0.29) is 31.1 Å². The van der Waals surface area contributed by atoms with Gasteiger partial charge in [0.1, 0.15) is 13.2 Å². The van der Waals surface area contributed by atoms with E-state index in [9.17, 15) is 14.4 Å². The van der Waals surface area contributed by atoms with Gasteiger partial charge >= 0.3 is 17.9 Å². The summed E-state index contributed by atoms with van der Waals surface area (Å²) < 4.78 is 16.9. The van der Waals surface area contributed by atoms with Crippen LogP contribution in [0.15, 0.2) is 0 Å². The number of rotatable bonds is 50. The largest absolute Gasteiger partial charge is 0.462 e. The number of esters is 3. The van der Waals surface area contributed by atoms with E-state index in [1.54, 1.807) is 0 Å². The van der Waals surface area contributed by atoms with Gasteiger partial charge in [0.05, 0.1) is 0 Å². The molecule has 0 aromatic rings. The van der Waals surface area contributed by atoms with Crippen LogP contribution in [0, 0.1) is 11.8 Å². The maximum Gasteiger partial charge on any atom is 0.306 e. The first-order valence-electron chi connectivity index (χ1n) is 27.7. The van der Waals surface area contributed by atoms with Gasteiger partial charge in [-0.15, -0.1) is 0 Å². The lowest BCUT2D eigenvalue weighted by molar-refractivity contribution is -0.167. The Bertz CT molecular complexity index is 947. The summed E-state index contributed by atoms with van der Waals surface area (Å²) in [5.74, 6) is 0.802. The van der Waals surface area contributed by atoms with Crippen LogP contribution in [-0.4, -0.2) is 37.2 Å². The van der Waals surface area contributed by atoms with Crippen molar-refractivity contribution < 1.29 is 28.6 Å². The van der Waals surface area contributed by atoms with E-state index in [4.69, 9.17) is 14.2 Å². The fourth-order valence-electron chi connectivity index (χ4n) is 8.52. The summed E-state index contributed by atoms with van der Waals surface area (Å²) in [4.78, 5) is 38.1. The first-order valence-corrected chi connectivity index (χ1v) is 27.7. The molecule has 0 fully saturated rings. The van der Waals surface area contributed by atoms with Crippen LogP contribution in [0.4, 0.5) is 0 Å². The molecule has 0 aromatic carbocycles. The molecule has 0 spiro atoms. The second kappa shape index (κ2) is 48.9. The van der Waals surface area contributed by atoms with Crippen molar-refractivity contribution in [2.75, 3.05) is 13.2 Å². The minimum absolute atomic E-state index is 0.0634. The first kappa shape index (κ1) is 60.4. The van der Waals surface area contributed by atoms with Crippen molar-refractivity contribution in [3.8, 4) is 0 Å². The minimum Gasteiger partial charge on any atom is -0.462 e. The number of hydrogen-bond acceptors (Lipinski definition) is 6. The van der Waals surface area contributed by atoms with Crippen molar-refractivity contribution >= 4 is 17.9 Å². The Morgan fingerprint density at radius 2 is 0.532 bits per heavy atom. The van der Waals surface area contributed by atoms with E-state index >= 15 is 0 Å². The predicted molar refractivity (Wildman–Crippen MR) is 266 cm³/mol. The highest BCUT2D eigenvalue weighted by molar-refractivity contribution is 5.71. The van der Waals surface area contributed by atoms with Crippen LogP contribution in [0.3, 0.4) is 0 Å². The van der Waals surface area contributed by atoms with Gasteiger partial charge in [-0.25, -0.2) is 0 Å². The summed E-state index contributed by atoms with van der Waals surface area (Å²) >= 11 is 0. The monoisotopic (exact) mass is 877 g/mol. The predicted octanol–water partition coefficient (Wildman–Crippen LogP) is 18.1. The lowest BCUT2D eigenvalue weighted by Gasteiger charge is -2.18. The fraction of sp³-hybridized carbons (Fsp3) is 0.946. The SMILES string of the molecule is CCCCCCCCCCCCCCCCCCCC(=O)O[C@@H](COC(=O)CCCCCCCCCCCCCC(C)C)COC(=O)CCCCCCCCCCCCC(C)C. The molecule has 0 heterocycles. The molecule has 0 unspecified atom stereocenters. The number of unbranched alkanes of at least 4 members (excludes halogenated alkanes) is 35. The molecule has 62 heavy (non-hydrogen) atoms. The molecule has 0 aromatic heterocycles. The molecule has 0 saturated heterocycles. The Morgan fingerprint density at radius 3 is 0.790 bits per heavy atom. The van der Waals surface area contributed by atoms with Crippen LogP contribution in [0.2, 0.25) is 0 Å². The zero-order valence-corrected chi connectivity index (χ0v) is 42.5. The highest BCUT2D eigenvalue weighted by atomic mass is 16.6. The molecule has 0 aliphatic carbocycles. The average molecular weight is 877 g/mol. The van der Waals surface area contributed by atoms with Crippen LogP contribution >= 0.6 is 0 Å². The van der Waals surface area contributed by atoms with Crippen LogP contribution in [0.5, 0.6) is 0 Å². The maximum absolute atomic E-state index is 12.8. The van der Waals surface area contributed by atoms with Gasteiger partial charge < -0.3 is 14.2 Å². The van der Waals surface area contributed by atoms with Crippen molar-refractivity contribution in [1.82, 2.24) is 0 Å². The topological polar surface area (TPSA) is 78.9 Å².